The van der Waals surface area contributed by atoms with Crippen molar-refractivity contribution in [3.63, 3.8) is 0 Å². The van der Waals surface area contributed by atoms with E-state index in [9.17, 15) is 17.4 Å². The third-order valence-corrected chi connectivity index (χ3v) is 8.23. The molecule has 2 fully saturated rings. The number of amides is 2. The first-order valence-electron chi connectivity index (χ1n) is 7.70. The Bertz CT molecular complexity index is 797. The lowest BCUT2D eigenvalue weighted by molar-refractivity contribution is 0.209. The van der Waals surface area contributed by atoms with E-state index in [4.69, 9.17) is 11.6 Å². The molecule has 2 saturated heterocycles. The molecule has 0 spiro atoms. The van der Waals surface area contributed by atoms with Gasteiger partial charge in [0.2, 0.25) is 0 Å². The summed E-state index contributed by atoms with van der Waals surface area (Å²) in [4.78, 5) is 14.1. The van der Waals surface area contributed by atoms with Crippen LogP contribution in [0.25, 0.3) is 0 Å². The predicted molar refractivity (Wildman–Crippen MR) is 94.7 cm³/mol. The van der Waals surface area contributed by atoms with Crippen LogP contribution in [0.4, 0.5) is 10.5 Å². The van der Waals surface area contributed by atoms with E-state index in [1.54, 1.807) is 11.0 Å². The molecular formula is C15H19ClN2O4S2. The van der Waals surface area contributed by atoms with Gasteiger partial charge in [0.25, 0.3) is 0 Å². The van der Waals surface area contributed by atoms with Crippen LogP contribution in [0, 0.1) is 0 Å². The van der Waals surface area contributed by atoms with Gasteiger partial charge in [-0.15, -0.1) is 0 Å². The second-order valence-corrected chi connectivity index (χ2v) is 10.6. The number of sulfone groups is 1. The number of halogens is 1. The average Bonchev–Trinajstić information content (AvgIpc) is 2.72. The molecule has 1 aromatic carbocycles. The van der Waals surface area contributed by atoms with E-state index in [-0.39, 0.29) is 26.4 Å². The van der Waals surface area contributed by atoms with Crippen LogP contribution < -0.4 is 5.32 Å². The van der Waals surface area contributed by atoms with Crippen LogP contribution in [0.5, 0.6) is 0 Å². The van der Waals surface area contributed by atoms with Gasteiger partial charge in [0.1, 0.15) is 0 Å². The lowest BCUT2D eigenvalue weighted by atomic mass is 10.1. The Kier molecular flexibility index (Phi) is 4.90. The zero-order valence-electron chi connectivity index (χ0n) is 13.2. The summed E-state index contributed by atoms with van der Waals surface area (Å²) in [5.74, 6) is 0. The smallest absolute Gasteiger partial charge is 0.321 e. The maximum atomic E-state index is 12.5. The summed E-state index contributed by atoms with van der Waals surface area (Å²) >= 11 is 5.91. The molecule has 0 radical (unpaired) electrons. The molecule has 3 rings (SSSR count). The van der Waals surface area contributed by atoms with Crippen LogP contribution in [0.2, 0.25) is 5.02 Å². The first-order chi connectivity index (χ1) is 11.3. The van der Waals surface area contributed by atoms with E-state index in [1.807, 2.05) is 0 Å². The monoisotopic (exact) mass is 390 g/mol. The zero-order chi connectivity index (χ0) is 17.5. The maximum Gasteiger partial charge on any atom is 0.321 e. The molecule has 1 aromatic rings. The van der Waals surface area contributed by atoms with Gasteiger partial charge < -0.3 is 10.2 Å². The van der Waals surface area contributed by atoms with Crippen molar-refractivity contribution < 1.29 is 17.4 Å². The van der Waals surface area contributed by atoms with Gasteiger partial charge in [-0.2, -0.15) is 0 Å². The van der Waals surface area contributed by atoms with E-state index >= 15 is 0 Å². The third kappa shape index (κ3) is 3.60. The van der Waals surface area contributed by atoms with Crippen molar-refractivity contribution in [2.75, 3.05) is 24.7 Å². The lowest BCUT2D eigenvalue weighted by Gasteiger charge is -2.24. The van der Waals surface area contributed by atoms with Crippen molar-refractivity contribution in [1.82, 2.24) is 4.90 Å². The molecule has 6 nitrogen and oxygen atoms in total. The minimum Gasteiger partial charge on any atom is -0.323 e. The summed E-state index contributed by atoms with van der Waals surface area (Å²) < 4.78 is 35.6. The summed E-state index contributed by atoms with van der Waals surface area (Å²) in [5, 5.41) is 3.08. The van der Waals surface area contributed by atoms with E-state index < -0.39 is 20.6 Å². The molecule has 2 amide bonds. The van der Waals surface area contributed by atoms with Crippen molar-refractivity contribution in [1.29, 1.82) is 0 Å². The van der Waals surface area contributed by atoms with Crippen LogP contribution in [-0.4, -0.2) is 53.4 Å². The number of anilines is 1. The molecule has 2 aliphatic heterocycles. The highest BCUT2D eigenvalue weighted by Crippen LogP contribution is 2.30. The Balaban J connectivity index is 1.74. The molecule has 9 heteroatoms. The van der Waals surface area contributed by atoms with Gasteiger partial charge in [0.05, 0.1) is 15.2 Å². The summed E-state index contributed by atoms with van der Waals surface area (Å²) in [5.41, 5.74) is 0.375. The van der Waals surface area contributed by atoms with Crippen LogP contribution >= 0.6 is 11.6 Å². The maximum absolute atomic E-state index is 12.5. The van der Waals surface area contributed by atoms with Crippen LogP contribution in [0.15, 0.2) is 23.1 Å². The minimum absolute atomic E-state index is 0.0157. The number of nitrogens with one attached hydrogen (secondary N) is 1. The first kappa shape index (κ1) is 17.7. The summed E-state index contributed by atoms with van der Waals surface area (Å²) in [6, 6.07) is 4.07. The Morgan fingerprint density at radius 3 is 2.71 bits per heavy atom. The van der Waals surface area contributed by atoms with Crippen molar-refractivity contribution >= 4 is 44.0 Å². The van der Waals surface area contributed by atoms with Crippen molar-refractivity contribution in [2.45, 2.75) is 34.7 Å². The third-order valence-electron chi connectivity index (χ3n) is 4.48. The van der Waals surface area contributed by atoms with Gasteiger partial charge in [-0.25, -0.2) is 13.2 Å². The van der Waals surface area contributed by atoms with Crippen LogP contribution in [0.1, 0.15) is 19.3 Å². The molecular weight excluding hydrogens is 372 g/mol. The SMILES string of the molecule is CS(=O)(=O)c1cc(NC(=O)N2CCC3CCC(C2)S3=O)ccc1Cl. The number of carbonyl (C=O) groups excluding carboxylic acids is 1. The molecule has 3 atom stereocenters. The fourth-order valence-corrected chi connectivity index (χ4v) is 6.44. The van der Waals surface area contributed by atoms with Crippen molar-refractivity contribution in [2.24, 2.45) is 0 Å². The first-order valence-corrected chi connectivity index (χ1v) is 11.2. The molecule has 1 N–H and O–H groups in total. The van der Waals surface area contributed by atoms with E-state index in [0.29, 0.717) is 18.8 Å². The zero-order valence-corrected chi connectivity index (χ0v) is 15.6. The number of benzene rings is 1. The highest BCUT2D eigenvalue weighted by atomic mass is 35.5. The van der Waals surface area contributed by atoms with Gasteiger partial charge >= 0.3 is 6.03 Å². The number of fused-ring (bicyclic) bond motifs is 2. The fraction of sp³-hybridized carbons (Fsp3) is 0.533. The Morgan fingerprint density at radius 2 is 2.00 bits per heavy atom. The average molecular weight is 391 g/mol. The normalized spacial score (nSPS) is 26.9. The standard InChI is InChI=1S/C15H19ClN2O4S2/c1-24(21,22)14-8-10(2-5-13(14)16)17-15(19)18-7-6-11-3-4-12(9-18)23(11)20/h2,5,8,11-12H,3-4,6-7,9H2,1H3,(H,17,19). The summed E-state index contributed by atoms with van der Waals surface area (Å²) in [6.45, 7) is 1.03. The van der Waals surface area contributed by atoms with Crippen LogP contribution in [0.3, 0.4) is 0 Å². The lowest BCUT2D eigenvalue weighted by Crippen LogP contribution is -2.40. The van der Waals surface area contributed by atoms with Gasteiger partial charge in [-0.1, -0.05) is 11.6 Å². The molecule has 2 bridgehead atoms. The van der Waals surface area contributed by atoms with E-state index in [2.05, 4.69) is 5.32 Å². The van der Waals surface area contributed by atoms with Crippen LogP contribution in [-0.2, 0) is 20.6 Å². The Labute approximate surface area is 148 Å². The molecule has 132 valence electrons. The Morgan fingerprint density at radius 1 is 1.29 bits per heavy atom. The van der Waals surface area contributed by atoms with E-state index in [0.717, 1.165) is 25.5 Å². The summed E-state index contributed by atoms with van der Waals surface area (Å²) in [7, 11) is -4.33. The molecule has 24 heavy (non-hydrogen) atoms. The molecule has 0 aromatic heterocycles. The minimum atomic E-state index is -3.47. The van der Waals surface area contributed by atoms with Gasteiger partial charge in [-0.05, 0) is 37.5 Å². The quantitative estimate of drug-likeness (QED) is 0.839. The number of hydrogen-bond acceptors (Lipinski definition) is 4. The van der Waals surface area contributed by atoms with Gasteiger partial charge in [0, 0.05) is 41.1 Å². The highest BCUT2D eigenvalue weighted by Gasteiger charge is 2.38. The van der Waals surface area contributed by atoms with Crippen molar-refractivity contribution in [3.05, 3.63) is 23.2 Å². The van der Waals surface area contributed by atoms with E-state index in [1.165, 1.54) is 12.1 Å². The number of carbonyl (C=O) groups is 1. The Hall–Kier alpha value is -1.12. The summed E-state index contributed by atoms with van der Waals surface area (Å²) in [6.07, 6.45) is 3.67. The number of hydrogen-bond donors (Lipinski definition) is 1. The second kappa shape index (κ2) is 6.65. The highest BCUT2D eigenvalue weighted by molar-refractivity contribution is 7.90. The predicted octanol–water partition coefficient (Wildman–Crippen LogP) is 2.26. The van der Waals surface area contributed by atoms with Gasteiger partial charge in [-0.3, -0.25) is 4.21 Å². The molecule has 3 unspecified atom stereocenters. The number of likely N-dealkylation sites (tertiary alicyclic amines) is 1. The fourth-order valence-electron chi connectivity index (χ4n) is 3.19. The topological polar surface area (TPSA) is 83.6 Å². The number of rotatable bonds is 2. The number of nitrogens with zero attached hydrogens (tertiary/aromatic N) is 1. The molecule has 0 saturated carbocycles. The van der Waals surface area contributed by atoms with Crippen molar-refractivity contribution in [3.8, 4) is 0 Å². The molecule has 2 heterocycles. The molecule has 0 aliphatic carbocycles. The van der Waals surface area contributed by atoms with Gasteiger partial charge in [0.15, 0.2) is 9.84 Å². The molecule has 2 aliphatic rings. The second-order valence-electron chi connectivity index (χ2n) is 6.23. The number of urea groups is 1. The largest absolute Gasteiger partial charge is 0.323 e.